The van der Waals surface area contributed by atoms with Crippen molar-refractivity contribution < 1.29 is 4.79 Å². The van der Waals surface area contributed by atoms with Gasteiger partial charge in [-0.05, 0) is 43.3 Å². The van der Waals surface area contributed by atoms with Crippen molar-refractivity contribution in [2.75, 3.05) is 18.4 Å². The lowest BCUT2D eigenvalue weighted by atomic mass is 10.0. The standard InChI is InChI=1S/C19H24N2O/c1-4-21(5-2)18(16-11-7-6-8-12-16)19(22)20-17-13-9-10-15(3)14-17/h6-14,18H,4-5H2,1-3H3,(H,20,22). The summed E-state index contributed by atoms with van der Waals surface area (Å²) in [6, 6.07) is 17.6. The second-order valence-electron chi connectivity index (χ2n) is 5.39. The Morgan fingerprint density at radius 1 is 1.05 bits per heavy atom. The molecule has 2 aromatic carbocycles. The molecule has 2 rings (SSSR count). The van der Waals surface area contributed by atoms with Crippen LogP contribution in [0.4, 0.5) is 5.69 Å². The number of hydrogen-bond donors (Lipinski definition) is 1. The fraction of sp³-hybridized carbons (Fsp3) is 0.316. The van der Waals surface area contributed by atoms with Crippen LogP contribution in [0, 0.1) is 6.92 Å². The Balaban J connectivity index is 2.26. The molecule has 0 spiro atoms. The number of aryl methyl sites for hydroxylation is 1. The topological polar surface area (TPSA) is 32.3 Å². The molecule has 0 saturated carbocycles. The molecule has 0 saturated heterocycles. The molecule has 0 fully saturated rings. The summed E-state index contributed by atoms with van der Waals surface area (Å²) in [5.74, 6) is 0.0144. The van der Waals surface area contributed by atoms with Gasteiger partial charge in [-0.2, -0.15) is 0 Å². The minimum absolute atomic E-state index is 0.0144. The smallest absolute Gasteiger partial charge is 0.246 e. The van der Waals surface area contributed by atoms with Gasteiger partial charge in [-0.1, -0.05) is 56.3 Å². The monoisotopic (exact) mass is 296 g/mol. The Morgan fingerprint density at radius 2 is 1.73 bits per heavy atom. The van der Waals surface area contributed by atoms with Gasteiger partial charge in [0.2, 0.25) is 5.91 Å². The molecule has 1 N–H and O–H groups in total. The van der Waals surface area contributed by atoms with E-state index in [0.29, 0.717) is 0 Å². The van der Waals surface area contributed by atoms with Crippen molar-refractivity contribution in [2.24, 2.45) is 0 Å². The first-order chi connectivity index (χ1) is 10.7. The van der Waals surface area contributed by atoms with Crippen LogP contribution in [0.3, 0.4) is 0 Å². The van der Waals surface area contributed by atoms with Gasteiger partial charge in [-0.3, -0.25) is 9.69 Å². The average Bonchev–Trinajstić information content (AvgIpc) is 2.53. The van der Waals surface area contributed by atoms with Crippen LogP contribution in [0.1, 0.15) is 31.0 Å². The van der Waals surface area contributed by atoms with Crippen LogP contribution in [0.15, 0.2) is 54.6 Å². The Bertz CT molecular complexity index is 606. The van der Waals surface area contributed by atoms with Crippen LogP contribution in [0.5, 0.6) is 0 Å². The molecule has 0 radical (unpaired) electrons. The minimum Gasteiger partial charge on any atom is -0.324 e. The third-order valence-corrected chi connectivity index (χ3v) is 3.83. The van der Waals surface area contributed by atoms with Crippen molar-refractivity contribution in [3.8, 4) is 0 Å². The summed E-state index contributed by atoms with van der Waals surface area (Å²) in [6.07, 6.45) is 0. The van der Waals surface area contributed by atoms with E-state index in [1.165, 1.54) is 0 Å². The number of carbonyl (C=O) groups is 1. The summed E-state index contributed by atoms with van der Waals surface area (Å²) in [7, 11) is 0. The predicted molar refractivity (Wildman–Crippen MR) is 91.9 cm³/mol. The number of hydrogen-bond acceptors (Lipinski definition) is 2. The Labute approximate surface area is 133 Å². The largest absolute Gasteiger partial charge is 0.324 e. The van der Waals surface area contributed by atoms with Crippen molar-refractivity contribution in [3.05, 3.63) is 65.7 Å². The van der Waals surface area contributed by atoms with Crippen molar-refractivity contribution in [2.45, 2.75) is 26.8 Å². The number of nitrogens with zero attached hydrogens (tertiary/aromatic N) is 1. The molecule has 3 nitrogen and oxygen atoms in total. The van der Waals surface area contributed by atoms with Gasteiger partial charge >= 0.3 is 0 Å². The number of likely N-dealkylation sites (N-methyl/N-ethyl adjacent to an activating group) is 1. The van der Waals surface area contributed by atoms with Gasteiger partial charge in [0.25, 0.3) is 0 Å². The van der Waals surface area contributed by atoms with Gasteiger partial charge in [0.05, 0.1) is 0 Å². The third kappa shape index (κ3) is 3.95. The molecule has 1 atom stereocenters. The molecule has 0 aliphatic heterocycles. The van der Waals surface area contributed by atoms with Gasteiger partial charge < -0.3 is 5.32 Å². The molecule has 3 heteroatoms. The highest BCUT2D eigenvalue weighted by molar-refractivity contribution is 5.95. The van der Waals surface area contributed by atoms with Crippen LogP contribution in [0.2, 0.25) is 0 Å². The molecular weight excluding hydrogens is 272 g/mol. The van der Waals surface area contributed by atoms with Crippen LogP contribution < -0.4 is 5.32 Å². The molecule has 0 aromatic heterocycles. The number of anilines is 1. The summed E-state index contributed by atoms with van der Waals surface area (Å²) >= 11 is 0. The number of carbonyl (C=O) groups excluding carboxylic acids is 1. The normalized spacial score (nSPS) is 12.2. The van der Waals surface area contributed by atoms with Crippen molar-refractivity contribution in [1.82, 2.24) is 4.90 Å². The fourth-order valence-electron chi connectivity index (χ4n) is 2.69. The van der Waals surface area contributed by atoms with Crippen molar-refractivity contribution >= 4 is 11.6 Å². The second-order valence-corrected chi connectivity index (χ2v) is 5.39. The maximum absolute atomic E-state index is 12.8. The van der Waals surface area contributed by atoms with Gasteiger partial charge in [0, 0.05) is 5.69 Å². The van der Waals surface area contributed by atoms with E-state index in [1.807, 2.05) is 61.5 Å². The zero-order valence-corrected chi connectivity index (χ0v) is 13.5. The van der Waals surface area contributed by atoms with E-state index in [0.717, 1.165) is 29.9 Å². The molecule has 0 bridgehead atoms. The second kappa shape index (κ2) is 7.76. The highest BCUT2D eigenvalue weighted by atomic mass is 16.2. The number of rotatable bonds is 6. The lowest BCUT2D eigenvalue weighted by molar-refractivity contribution is -0.121. The molecule has 2 aromatic rings. The summed E-state index contributed by atoms with van der Waals surface area (Å²) in [5, 5.41) is 3.05. The molecule has 116 valence electrons. The first-order valence-corrected chi connectivity index (χ1v) is 7.82. The zero-order valence-electron chi connectivity index (χ0n) is 13.5. The summed E-state index contributed by atoms with van der Waals surface area (Å²) in [4.78, 5) is 15.0. The van der Waals surface area contributed by atoms with E-state index in [9.17, 15) is 4.79 Å². The Morgan fingerprint density at radius 3 is 2.32 bits per heavy atom. The number of benzene rings is 2. The SMILES string of the molecule is CCN(CC)C(C(=O)Nc1cccc(C)c1)c1ccccc1. The van der Waals surface area contributed by atoms with E-state index < -0.39 is 0 Å². The zero-order chi connectivity index (χ0) is 15.9. The summed E-state index contributed by atoms with van der Waals surface area (Å²) in [5.41, 5.74) is 3.01. The van der Waals surface area contributed by atoms with Crippen LogP contribution >= 0.6 is 0 Å². The van der Waals surface area contributed by atoms with Gasteiger partial charge in [-0.25, -0.2) is 0 Å². The predicted octanol–water partition coefficient (Wildman–Crippen LogP) is 4.02. The quantitative estimate of drug-likeness (QED) is 0.873. The molecule has 1 amide bonds. The molecule has 0 heterocycles. The van der Waals surface area contributed by atoms with Crippen molar-refractivity contribution in [1.29, 1.82) is 0 Å². The maximum Gasteiger partial charge on any atom is 0.246 e. The minimum atomic E-state index is -0.267. The highest BCUT2D eigenvalue weighted by Gasteiger charge is 2.25. The first-order valence-electron chi connectivity index (χ1n) is 7.82. The van der Waals surface area contributed by atoms with E-state index in [1.54, 1.807) is 0 Å². The molecule has 0 aliphatic rings. The van der Waals surface area contributed by atoms with Crippen LogP contribution in [0.25, 0.3) is 0 Å². The van der Waals surface area contributed by atoms with Crippen LogP contribution in [-0.4, -0.2) is 23.9 Å². The Hall–Kier alpha value is -2.13. The fourth-order valence-corrected chi connectivity index (χ4v) is 2.69. The van der Waals surface area contributed by atoms with E-state index in [4.69, 9.17) is 0 Å². The van der Waals surface area contributed by atoms with Crippen LogP contribution in [-0.2, 0) is 4.79 Å². The number of amides is 1. The molecular formula is C19H24N2O. The Kier molecular flexibility index (Phi) is 5.73. The number of nitrogens with one attached hydrogen (secondary N) is 1. The average molecular weight is 296 g/mol. The van der Waals surface area contributed by atoms with Gasteiger partial charge in [0.1, 0.15) is 6.04 Å². The summed E-state index contributed by atoms with van der Waals surface area (Å²) < 4.78 is 0. The van der Waals surface area contributed by atoms with Crippen molar-refractivity contribution in [3.63, 3.8) is 0 Å². The first kappa shape index (κ1) is 16.2. The molecule has 22 heavy (non-hydrogen) atoms. The van der Waals surface area contributed by atoms with Gasteiger partial charge in [-0.15, -0.1) is 0 Å². The van der Waals surface area contributed by atoms with E-state index >= 15 is 0 Å². The summed E-state index contributed by atoms with van der Waals surface area (Å²) in [6.45, 7) is 7.85. The lowest BCUT2D eigenvalue weighted by Crippen LogP contribution is -2.37. The van der Waals surface area contributed by atoms with E-state index in [2.05, 4.69) is 24.1 Å². The molecule has 0 aliphatic carbocycles. The highest BCUT2D eigenvalue weighted by Crippen LogP contribution is 2.22. The van der Waals surface area contributed by atoms with E-state index in [-0.39, 0.29) is 11.9 Å². The lowest BCUT2D eigenvalue weighted by Gasteiger charge is -2.29. The van der Waals surface area contributed by atoms with Gasteiger partial charge in [0.15, 0.2) is 0 Å². The maximum atomic E-state index is 12.8. The molecule has 1 unspecified atom stereocenters. The third-order valence-electron chi connectivity index (χ3n) is 3.83.